The molecule has 1 atom stereocenters. The first-order valence-corrected chi connectivity index (χ1v) is 8.09. The Morgan fingerprint density at radius 2 is 1.65 bits per heavy atom. The van der Waals surface area contributed by atoms with E-state index in [1.54, 1.807) is 0 Å². The molecule has 1 N–H and O–H groups in total. The highest BCUT2D eigenvalue weighted by Crippen LogP contribution is 2.17. The third-order valence-corrected chi connectivity index (χ3v) is 4.56. The average Bonchev–Trinajstić information content (AvgIpc) is 2.48. The fraction of sp³-hybridized carbons (Fsp3) is 0.933. The van der Waals surface area contributed by atoms with Crippen molar-refractivity contribution in [3.63, 3.8) is 0 Å². The van der Waals surface area contributed by atoms with E-state index in [-0.39, 0.29) is 6.04 Å². The number of piperazine rings is 2. The van der Waals surface area contributed by atoms with Crippen LogP contribution in [0.5, 0.6) is 0 Å². The second-order valence-corrected chi connectivity index (χ2v) is 6.23. The van der Waals surface area contributed by atoms with Crippen LogP contribution in [-0.2, 0) is 4.79 Å². The molecule has 1 amide bonds. The minimum absolute atomic E-state index is 0.0621. The Morgan fingerprint density at radius 1 is 1.05 bits per heavy atom. The third-order valence-electron chi connectivity index (χ3n) is 4.56. The van der Waals surface area contributed by atoms with Crippen molar-refractivity contribution in [1.29, 1.82) is 0 Å². The number of nitrogens with zero attached hydrogens (tertiary/aromatic N) is 3. The lowest BCUT2D eigenvalue weighted by Crippen LogP contribution is -2.59. The molecule has 2 rings (SSSR count). The highest BCUT2D eigenvalue weighted by Gasteiger charge is 2.34. The molecule has 116 valence electrons. The van der Waals surface area contributed by atoms with Crippen molar-refractivity contribution in [3.05, 3.63) is 0 Å². The van der Waals surface area contributed by atoms with Gasteiger partial charge in [0.15, 0.2) is 0 Å². The summed E-state index contributed by atoms with van der Waals surface area (Å²) < 4.78 is 0. The van der Waals surface area contributed by atoms with Gasteiger partial charge in [-0.1, -0.05) is 20.8 Å². The molecule has 5 heteroatoms. The van der Waals surface area contributed by atoms with E-state index in [4.69, 9.17) is 0 Å². The van der Waals surface area contributed by atoms with Crippen molar-refractivity contribution in [2.75, 3.05) is 58.9 Å². The predicted molar refractivity (Wildman–Crippen MR) is 81.8 cm³/mol. The van der Waals surface area contributed by atoms with Crippen molar-refractivity contribution in [2.24, 2.45) is 5.92 Å². The first kappa shape index (κ1) is 15.7. The minimum Gasteiger partial charge on any atom is -0.339 e. The Hall–Kier alpha value is -0.650. The predicted octanol–water partition coefficient (Wildman–Crippen LogP) is 0.0803. The summed E-state index contributed by atoms with van der Waals surface area (Å²) in [6, 6.07) is 0.0621. The van der Waals surface area contributed by atoms with Gasteiger partial charge in [0.2, 0.25) is 5.91 Å². The number of carbonyl (C=O) groups excluding carboxylic acids is 1. The molecule has 2 aliphatic rings. The summed E-state index contributed by atoms with van der Waals surface area (Å²) in [5.74, 6) is 0.719. The Labute approximate surface area is 123 Å². The second-order valence-electron chi connectivity index (χ2n) is 6.23. The highest BCUT2D eigenvalue weighted by atomic mass is 16.2. The molecule has 20 heavy (non-hydrogen) atoms. The number of likely N-dealkylation sites (N-methyl/N-ethyl adjacent to an activating group) is 1. The number of nitrogens with one attached hydrogen (secondary N) is 1. The van der Waals surface area contributed by atoms with E-state index >= 15 is 0 Å². The van der Waals surface area contributed by atoms with Gasteiger partial charge in [-0.15, -0.1) is 0 Å². The highest BCUT2D eigenvalue weighted by molar-refractivity contribution is 5.82. The maximum Gasteiger partial charge on any atom is 0.240 e. The van der Waals surface area contributed by atoms with E-state index in [9.17, 15) is 4.79 Å². The summed E-state index contributed by atoms with van der Waals surface area (Å²) >= 11 is 0. The van der Waals surface area contributed by atoms with E-state index < -0.39 is 0 Å². The van der Waals surface area contributed by atoms with Gasteiger partial charge in [0.05, 0.1) is 6.04 Å². The molecule has 0 aromatic heterocycles. The lowest BCUT2D eigenvalue weighted by Gasteiger charge is -2.42. The standard InChI is InChI=1S/C15H30N4O/c1-4-17-9-11-18(12-10-17)14(13(2)3)15(20)19-7-5-16-6-8-19/h13-14,16H,4-12H2,1-3H3. The van der Waals surface area contributed by atoms with Gasteiger partial charge >= 0.3 is 0 Å². The van der Waals surface area contributed by atoms with E-state index in [2.05, 4.69) is 35.9 Å². The smallest absolute Gasteiger partial charge is 0.240 e. The quantitative estimate of drug-likeness (QED) is 0.793. The topological polar surface area (TPSA) is 38.8 Å². The van der Waals surface area contributed by atoms with Crippen LogP contribution >= 0.6 is 0 Å². The maximum atomic E-state index is 12.8. The van der Waals surface area contributed by atoms with Crippen LogP contribution in [0.15, 0.2) is 0 Å². The number of carbonyl (C=O) groups is 1. The van der Waals surface area contributed by atoms with Crippen molar-refractivity contribution < 1.29 is 4.79 Å². The molecule has 0 aromatic rings. The Kier molecular flexibility index (Phi) is 5.81. The normalized spacial score (nSPS) is 24.1. The summed E-state index contributed by atoms with van der Waals surface area (Å²) in [5, 5.41) is 3.32. The lowest BCUT2D eigenvalue weighted by molar-refractivity contribution is -0.140. The van der Waals surface area contributed by atoms with Crippen molar-refractivity contribution in [1.82, 2.24) is 20.0 Å². The summed E-state index contributed by atoms with van der Waals surface area (Å²) in [5.41, 5.74) is 0. The molecule has 5 nitrogen and oxygen atoms in total. The van der Waals surface area contributed by atoms with Crippen LogP contribution in [0.2, 0.25) is 0 Å². The first-order chi connectivity index (χ1) is 9.63. The molecule has 0 aliphatic carbocycles. The molecule has 0 spiro atoms. The van der Waals surface area contributed by atoms with E-state index in [1.807, 2.05) is 4.90 Å². The van der Waals surface area contributed by atoms with E-state index in [1.165, 1.54) is 0 Å². The van der Waals surface area contributed by atoms with Crippen molar-refractivity contribution in [2.45, 2.75) is 26.8 Å². The average molecular weight is 282 g/mol. The molecular weight excluding hydrogens is 252 g/mol. The van der Waals surface area contributed by atoms with Crippen molar-refractivity contribution in [3.8, 4) is 0 Å². The number of rotatable bonds is 4. The monoisotopic (exact) mass is 282 g/mol. The van der Waals surface area contributed by atoms with E-state index in [0.717, 1.165) is 58.9 Å². The molecule has 0 bridgehead atoms. The molecule has 2 heterocycles. The molecule has 2 aliphatic heterocycles. The van der Waals surface area contributed by atoms with Gasteiger partial charge in [-0.3, -0.25) is 9.69 Å². The minimum atomic E-state index is 0.0621. The summed E-state index contributed by atoms with van der Waals surface area (Å²) in [4.78, 5) is 19.7. The van der Waals surface area contributed by atoms with Gasteiger partial charge in [0, 0.05) is 52.4 Å². The summed E-state index contributed by atoms with van der Waals surface area (Å²) in [6.45, 7) is 15.5. The van der Waals surface area contributed by atoms with Gasteiger partial charge in [-0.2, -0.15) is 0 Å². The van der Waals surface area contributed by atoms with Gasteiger partial charge in [0.1, 0.15) is 0 Å². The molecule has 2 saturated heterocycles. The molecule has 2 fully saturated rings. The maximum absolute atomic E-state index is 12.8. The SMILES string of the molecule is CCN1CCN(C(C(=O)N2CCNCC2)C(C)C)CC1. The Balaban J connectivity index is 1.97. The number of hydrogen-bond acceptors (Lipinski definition) is 4. The van der Waals surface area contributed by atoms with Crippen LogP contribution in [-0.4, -0.2) is 85.6 Å². The first-order valence-electron chi connectivity index (χ1n) is 8.09. The molecule has 0 aromatic carbocycles. The zero-order valence-electron chi connectivity index (χ0n) is 13.3. The molecule has 0 radical (unpaired) electrons. The largest absolute Gasteiger partial charge is 0.339 e. The zero-order valence-corrected chi connectivity index (χ0v) is 13.3. The summed E-state index contributed by atoms with van der Waals surface area (Å²) in [6.07, 6.45) is 0. The van der Waals surface area contributed by atoms with Crippen LogP contribution < -0.4 is 5.32 Å². The zero-order chi connectivity index (χ0) is 14.5. The van der Waals surface area contributed by atoms with Crippen LogP contribution in [0.1, 0.15) is 20.8 Å². The van der Waals surface area contributed by atoms with Crippen molar-refractivity contribution >= 4 is 5.91 Å². The molecule has 0 saturated carbocycles. The Bertz CT molecular complexity index is 307. The summed E-state index contributed by atoms with van der Waals surface area (Å²) in [7, 11) is 0. The van der Waals surface area contributed by atoms with Gasteiger partial charge < -0.3 is 15.1 Å². The lowest BCUT2D eigenvalue weighted by atomic mass is 9.99. The molecule has 1 unspecified atom stereocenters. The van der Waals surface area contributed by atoms with Gasteiger partial charge in [0.25, 0.3) is 0 Å². The fourth-order valence-electron chi connectivity index (χ4n) is 3.29. The third kappa shape index (κ3) is 3.71. The number of hydrogen-bond donors (Lipinski definition) is 1. The van der Waals surface area contributed by atoms with Crippen LogP contribution in [0.4, 0.5) is 0 Å². The van der Waals surface area contributed by atoms with Crippen LogP contribution in [0.25, 0.3) is 0 Å². The number of amides is 1. The second kappa shape index (κ2) is 7.38. The van der Waals surface area contributed by atoms with E-state index in [0.29, 0.717) is 11.8 Å². The van der Waals surface area contributed by atoms with Gasteiger partial charge in [-0.05, 0) is 12.5 Å². The van der Waals surface area contributed by atoms with Crippen LogP contribution in [0, 0.1) is 5.92 Å². The molecular formula is C15H30N4O. The fourth-order valence-corrected chi connectivity index (χ4v) is 3.29. The Morgan fingerprint density at radius 3 is 2.15 bits per heavy atom. The van der Waals surface area contributed by atoms with Crippen LogP contribution in [0.3, 0.4) is 0 Å². The van der Waals surface area contributed by atoms with Gasteiger partial charge in [-0.25, -0.2) is 0 Å².